The van der Waals surface area contributed by atoms with Gasteiger partial charge in [0, 0.05) is 30.7 Å². The Kier molecular flexibility index (Phi) is 5.09. The lowest BCUT2D eigenvalue weighted by Crippen LogP contribution is -2.17. The van der Waals surface area contributed by atoms with Gasteiger partial charge in [0.15, 0.2) is 0 Å². The number of hydrogen-bond acceptors (Lipinski definition) is 5. The number of nitrogens with one attached hydrogen (secondary N) is 1. The van der Waals surface area contributed by atoms with E-state index in [-0.39, 0.29) is 11.6 Å². The highest BCUT2D eigenvalue weighted by atomic mass is 16.6. The molecule has 0 radical (unpaired) electrons. The number of nitro benzene ring substituents is 1. The van der Waals surface area contributed by atoms with E-state index in [0.717, 1.165) is 0 Å². The number of pyridine rings is 1. The number of aromatic nitrogens is 1. The monoisotopic (exact) mass is 296 g/mol. The summed E-state index contributed by atoms with van der Waals surface area (Å²) in [6.45, 7) is 0. The standard InChI is InChI=1S/C15H12N4O3/c20-15(13-6-3-8-16-11-13)18-17-9-2-5-12-4-1-7-14(10-12)19(21)22/h1-11H,(H,18,20)/b5-2-,17-9+. The maximum Gasteiger partial charge on any atom is 0.272 e. The Balaban J connectivity index is 1.91. The van der Waals surface area contributed by atoms with Gasteiger partial charge in [0.2, 0.25) is 0 Å². The van der Waals surface area contributed by atoms with E-state index in [1.807, 2.05) is 0 Å². The Labute approximate surface area is 126 Å². The van der Waals surface area contributed by atoms with Gasteiger partial charge in [-0.15, -0.1) is 0 Å². The van der Waals surface area contributed by atoms with Gasteiger partial charge in [0.1, 0.15) is 0 Å². The minimum atomic E-state index is -0.459. The summed E-state index contributed by atoms with van der Waals surface area (Å²) in [5, 5.41) is 14.4. The number of nitro groups is 1. The molecule has 0 aliphatic carbocycles. The molecule has 0 bridgehead atoms. The Morgan fingerprint density at radius 2 is 2.18 bits per heavy atom. The third kappa shape index (κ3) is 4.34. The molecule has 1 aromatic carbocycles. The van der Waals surface area contributed by atoms with Crippen LogP contribution in [-0.4, -0.2) is 22.0 Å². The predicted molar refractivity (Wildman–Crippen MR) is 82.3 cm³/mol. The first kappa shape index (κ1) is 15.0. The van der Waals surface area contributed by atoms with Crippen molar-refractivity contribution in [3.05, 3.63) is 76.1 Å². The number of hydrazone groups is 1. The molecule has 1 heterocycles. The second-order valence-corrected chi connectivity index (χ2v) is 4.17. The van der Waals surface area contributed by atoms with Crippen molar-refractivity contribution in [2.45, 2.75) is 0 Å². The highest BCUT2D eigenvalue weighted by Crippen LogP contribution is 2.13. The molecule has 2 aromatic rings. The summed E-state index contributed by atoms with van der Waals surface area (Å²) in [6.07, 6.45) is 7.61. The van der Waals surface area contributed by atoms with Gasteiger partial charge in [-0.25, -0.2) is 5.43 Å². The number of rotatable bonds is 5. The maximum atomic E-state index is 11.6. The van der Waals surface area contributed by atoms with Crippen molar-refractivity contribution >= 4 is 23.9 Å². The number of nitrogens with zero attached hydrogens (tertiary/aromatic N) is 3. The summed E-state index contributed by atoms with van der Waals surface area (Å²) < 4.78 is 0. The molecule has 0 spiro atoms. The second kappa shape index (κ2) is 7.44. The topological polar surface area (TPSA) is 97.5 Å². The van der Waals surface area contributed by atoms with E-state index in [9.17, 15) is 14.9 Å². The zero-order valence-electron chi connectivity index (χ0n) is 11.4. The first-order valence-corrected chi connectivity index (χ1v) is 6.31. The lowest BCUT2D eigenvalue weighted by molar-refractivity contribution is -0.384. The van der Waals surface area contributed by atoms with E-state index in [1.165, 1.54) is 24.5 Å². The van der Waals surface area contributed by atoms with Crippen molar-refractivity contribution in [1.82, 2.24) is 10.4 Å². The summed E-state index contributed by atoms with van der Waals surface area (Å²) in [7, 11) is 0. The smallest absolute Gasteiger partial charge is 0.267 e. The fourth-order valence-electron chi connectivity index (χ4n) is 1.60. The van der Waals surface area contributed by atoms with Crippen LogP contribution < -0.4 is 5.43 Å². The van der Waals surface area contributed by atoms with Crippen LogP contribution in [-0.2, 0) is 0 Å². The normalized spacial score (nSPS) is 10.9. The lowest BCUT2D eigenvalue weighted by Gasteiger charge is -1.97. The van der Waals surface area contributed by atoms with E-state index in [2.05, 4.69) is 15.5 Å². The molecule has 2 rings (SSSR count). The van der Waals surface area contributed by atoms with Gasteiger partial charge >= 0.3 is 0 Å². The number of carbonyl (C=O) groups is 1. The van der Waals surface area contributed by atoms with Gasteiger partial charge in [0.25, 0.3) is 11.6 Å². The molecular formula is C15H12N4O3. The number of benzene rings is 1. The highest BCUT2D eigenvalue weighted by Gasteiger charge is 2.03. The summed E-state index contributed by atoms with van der Waals surface area (Å²) in [5.74, 6) is -0.368. The van der Waals surface area contributed by atoms with Crippen molar-refractivity contribution in [2.24, 2.45) is 5.10 Å². The van der Waals surface area contributed by atoms with Crippen LogP contribution in [0.3, 0.4) is 0 Å². The van der Waals surface area contributed by atoms with Crippen LogP contribution in [0.5, 0.6) is 0 Å². The van der Waals surface area contributed by atoms with E-state index >= 15 is 0 Å². The lowest BCUT2D eigenvalue weighted by atomic mass is 10.2. The van der Waals surface area contributed by atoms with Crippen molar-refractivity contribution in [2.75, 3.05) is 0 Å². The molecule has 0 aliphatic heterocycles. The Bertz CT molecular complexity index is 727. The molecule has 0 saturated heterocycles. The molecule has 7 nitrogen and oxygen atoms in total. The van der Waals surface area contributed by atoms with Gasteiger partial charge in [-0.2, -0.15) is 5.10 Å². The predicted octanol–water partition coefficient (Wildman–Crippen LogP) is 2.42. The SMILES string of the molecule is O=C(N/N=C/C=C\c1cccc([N+](=O)[O-])c1)c1cccnc1. The van der Waals surface area contributed by atoms with Crippen molar-refractivity contribution in [1.29, 1.82) is 0 Å². The molecule has 1 amide bonds. The molecule has 1 N–H and O–H groups in total. The van der Waals surface area contributed by atoms with E-state index < -0.39 is 4.92 Å². The van der Waals surface area contributed by atoms with Crippen LogP contribution in [0, 0.1) is 10.1 Å². The second-order valence-electron chi connectivity index (χ2n) is 4.17. The van der Waals surface area contributed by atoms with E-state index in [4.69, 9.17) is 0 Å². The van der Waals surface area contributed by atoms with Crippen LogP contribution in [0.15, 0.2) is 60.0 Å². The van der Waals surface area contributed by atoms with Crippen LogP contribution in [0.1, 0.15) is 15.9 Å². The Morgan fingerprint density at radius 1 is 1.32 bits per heavy atom. The third-order valence-corrected chi connectivity index (χ3v) is 2.62. The van der Waals surface area contributed by atoms with Gasteiger partial charge in [0.05, 0.1) is 10.5 Å². The van der Waals surface area contributed by atoms with Gasteiger partial charge in [-0.1, -0.05) is 18.2 Å². The van der Waals surface area contributed by atoms with E-state index in [0.29, 0.717) is 11.1 Å². The fourth-order valence-corrected chi connectivity index (χ4v) is 1.60. The zero-order valence-corrected chi connectivity index (χ0v) is 11.4. The number of carbonyl (C=O) groups excluding carboxylic acids is 1. The molecule has 0 fully saturated rings. The summed E-state index contributed by atoms with van der Waals surface area (Å²) in [6, 6.07) is 9.46. The number of non-ortho nitro benzene ring substituents is 1. The third-order valence-electron chi connectivity index (χ3n) is 2.62. The largest absolute Gasteiger partial charge is 0.272 e. The molecule has 22 heavy (non-hydrogen) atoms. The first-order chi connectivity index (χ1) is 10.7. The average Bonchev–Trinajstić information content (AvgIpc) is 2.55. The van der Waals surface area contributed by atoms with Crippen molar-refractivity contribution < 1.29 is 9.72 Å². The van der Waals surface area contributed by atoms with Crippen molar-refractivity contribution in [3.63, 3.8) is 0 Å². The summed E-state index contributed by atoms with van der Waals surface area (Å²) in [4.78, 5) is 25.6. The Morgan fingerprint density at radius 3 is 2.91 bits per heavy atom. The molecule has 0 atom stereocenters. The van der Waals surface area contributed by atoms with Crippen LogP contribution in [0.25, 0.3) is 6.08 Å². The van der Waals surface area contributed by atoms with Gasteiger partial charge in [-0.05, 0) is 23.8 Å². The van der Waals surface area contributed by atoms with Gasteiger partial charge < -0.3 is 0 Å². The van der Waals surface area contributed by atoms with E-state index in [1.54, 1.807) is 42.6 Å². The fraction of sp³-hybridized carbons (Fsp3) is 0. The molecular weight excluding hydrogens is 284 g/mol. The highest BCUT2D eigenvalue weighted by molar-refractivity contribution is 5.94. The van der Waals surface area contributed by atoms with Crippen molar-refractivity contribution in [3.8, 4) is 0 Å². The maximum absolute atomic E-state index is 11.6. The summed E-state index contributed by atoms with van der Waals surface area (Å²) >= 11 is 0. The quantitative estimate of drug-likeness (QED) is 0.520. The van der Waals surface area contributed by atoms with Crippen LogP contribution >= 0.6 is 0 Å². The van der Waals surface area contributed by atoms with Crippen LogP contribution in [0.2, 0.25) is 0 Å². The molecule has 0 unspecified atom stereocenters. The zero-order chi connectivity index (χ0) is 15.8. The molecule has 7 heteroatoms. The number of hydrogen-bond donors (Lipinski definition) is 1. The summed E-state index contributed by atoms with van der Waals surface area (Å²) in [5.41, 5.74) is 3.43. The molecule has 1 aromatic heterocycles. The minimum Gasteiger partial charge on any atom is -0.267 e. The number of allylic oxidation sites excluding steroid dienone is 1. The molecule has 110 valence electrons. The average molecular weight is 296 g/mol. The van der Waals surface area contributed by atoms with Gasteiger partial charge in [-0.3, -0.25) is 19.9 Å². The first-order valence-electron chi connectivity index (χ1n) is 6.31. The number of amides is 1. The Hall–Kier alpha value is -3.35. The molecule has 0 aliphatic rings. The molecule has 0 saturated carbocycles. The minimum absolute atomic E-state index is 0.0176. The van der Waals surface area contributed by atoms with Crippen LogP contribution in [0.4, 0.5) is 5.69 Å².